The van der Waals surface area contributed by atoms with Crippen molar-refractivity contribution in [2.75, 3.05) is 23.9 Å². The van der Waals surface area contributed by atoms with E-state index in [-0.39, 0.29) is 24.8 Å². The van der Waals surface area contributed by atoms with Gasteiger partial charge in [0, 0.05) is 25.0 Å². The summed E-state index contributed by atoms with van der Waals surface area (Å²) < 4.78 is 6.70. The maximum atomic E-state index is 13.4. The molecule has 0 aliphatic carbocycles. The van der Waals surface area contributed by atoms with Gasteiger partial charge in [0.05, 0.1) is 42.1 Å². The second-order valence-corrected chi connectivity index (χ2v) is 8.58. The quantitative estimate of drug-likeness (QED) is 0.383. The number of nitrogens with one attached hydrogen (secondary N) is 1. The summed E-state index contributed by atoms with van der Waals surface area (Å²) in [7, 11) is 3.25. The van der Waals surface area contributed by atoms with Crippen LogP contribution in [0.3, 0.4) is 0 Å². The van der Waals surface area contributed by atoms with E-state index in [2.05, 4.69) is 11.4 Å². The molecule has 34 heavy (non-hydrogen) atoms. The zero-order chi connectivity index (χ0) is 24.1. The minimum Gasteiger partial charge on any atom is -0.469 e. The molecule has 0 bridgehead atoms. The second kappa shape index (κ2) is 10.2. The third-order valence-electron chi connectivity index (χ3n) is 5.43. The van der Waals surface area contributed by atoms with Crippen molar-refractivity contribution in [2.24, 2.45) is 7.05 Å². The molecule has 1 N–H and O–H groups in total. The van der Waals surface area contributed by atoms with Gasteiger partial charge >= 0.3 is 5.97 Å². The predicted molar refractivity (Wildman–Crippen MR) is 132 cm³/mol. The standard InChI is InChI=1S/C25H23N5O3S/c1-29-20-14-21(25(32)30(13-12-23(31)33-2)19-6-4-3-5-7-19)34-24(20)28-22(29)16-27-18-10-8-17(15-26)9-11-18/h3-11,14,27H,12-13,16H2,1-2H3. The summed E-state index contributed by atoms with van der Waals surface area (Å²) >= 11 is 1.33. The van der Waals surface area contributed by atoms with Crippen molar-refractivity contribution in [3.63, 3.8) is 0 Å². The number of aromatic nitrogens is 2. The van der Waals surface area contributed by atoms with E-state index in [0.717, 1.165) is 21.9 Å². The fourth-order valence-corrected chi connectivity index (χ4v) is 4.55. The molecule has 0 spiro atoms. The maximum Gasteiger partial charge on any atom is 0.307 e. The van der Waals surface area contributed by atoms with Gasteiger partial charge in [-0.1, -0.05) is 18.2 Å². The number of amides is 1. The van der Waals surface area contributed by atoms with Crippen molar-refractivity contribution in [3.05, 3.63) is 76.9 Å². The highest BCUT2D eigenvalue weighted by atomic mass is 32.1. The van der Waals surface area contributed by atoms with Crippen molar-refractivity contribution < 1.29 is 14.3 Å². The van der Waals surface area contributed by atoms with E-state index in [1.54, 1.807) is 17.0 Å². The van der Waals surface area contributed by atoms with Gasteiger partial charge in [0.1, 0.15) is 10.7 Å². The van der Waals surface area contributed by atoms with Crippen molar-refractivity contribution >= 4 is 44.9 Å². The van der Waals surface area contributed by atoms with Crippen LogP contribution in [0.4, 0.5) is 11.4 Å². The van der Waals surface area contributed by atoms with E-state index in [0.29, 0.717) is 22.7 Å². The number of thiophene rings is 1. The number of imidazole rings is 1. The highest BCUT2D eigenvalue weighted by Crippen LogP contribution is 2.29. The van der Waals surface area contributed by atoms with Crippen molar-refractivity contribution in [1.29, 1.82) is 5.26 Å². The SMILES string of the molecule is COC(=O)CCN(C(=O)c1cc2c(nc(CNc3ccc(C#N)cc3)n2C)s1)c1ccccc1. The number of fused-ring (bicyclic) bond motifs is 1. The first-order chi connectivity index (χ1) is 16.5. The third-order valence-corrected chi connectivity index (χ3v) is 6.43. The summed E-state index contributed by atoms with van der Waals surface area (Å²) in [4.78, 5) is 32.7. The number of benzene rings is 2. The highest BCUT2D eigenvalue weighted by molar-refractivity contribution is 7.20. The van der Waals surface area contributed by atoms with Crippen LogP contribution in [0.2, 0.25) is 0 Å². The van der Waals surface area contributed by atoms with Gasteiger partial charge in [0.2, 0.25) is 0 Å². The number of nitrogens with zero attached hydrogens (tertiary/aromatic N) is 4. The van der Waals surface area contributed by atoms with E-state index in [1.807, 2.05) is 60.1 Å². The Hall–Kier alpha value is -4.16. The Balaban J connectivity index is 1.53. The zero-order valence-corrected chi connectivity index (χ0v) is 19.6. The van der Waals surface area contributed by atoms with Crippen molar-refractivity contribution in [3.8, 4) is 6.07 Å². The molecule has 172 valence electrons. The topological polar surface area (TPSA) is 100 Å². The first kappa shape index (κ1) is 23.0. The number of carbonyl (C=O) groups is 2. The van der Waals surface area contributed by atoms with Crippen LogP contribution in [0, 0.1) is 11.3 Å². The molecule has 0 fully saturated rings. The van der Waals surface area contributed by atoms with Crippen molar-refractivity contribution in [2.45, 2.75) is 13.0 Å². The summed E-state index contributed by atoms with van der Waals surface area (Å²) in [5.74, 6) is 0.275. The maximum absolute atomic E-state index is 13.4. The Labute approximate surface area is 201 Å². The number of hydrogen-bond acceptors (Lipinski definition) is 7. The van der Waals surface area contributed by atoms with Crippen LogP contribution in [0.25, 0.3) is 10.3 Å². The molecule has 0 aliphatic rings. The molecule has 0 unspecified atom stereocenters. The molecule has 8 nitrogen and oxygen atoms in total. The fourth-order valence-electron chi connectivity index (χ4n) is 3.52. The number of anilines is 2. The van der Waals surface area contributed by atoms with Gasteiger partial charge in [-0.05, 0) is 42.5 Å². The predicted octanol–water partition coefficient (Wildman–Crippen LogP) is 4.33. The number of rotatable bonds is 8. The van der Waals surface area contributed by atoms with E-state index in [1.165, 1.54) is 18.4 Å². The van der Waals surface area contributed by atoms with Gasteiger partial charge in [-0.15, -0.1) is 11.3 Å². The fraction of sp³-hybridized carbons (Fsp3) is 0.200. The molecule has 2 aromatic heterocycles. The number of carbonyl (C=O) groups excluding carboxylic acids is 2. The van der Waals surface area contributed by atoms with Gasteiger partial charge in [0.25, 0.3) is 5.91 Å². The van der Waals surface area contributed by atoms with Crippen molar-refractivity contribution in [1.82, 2.24) is 9.55 Å². The molecule has 0 saturated heterocycles. The van der Waals surface area contributed by atoms with E-state index in [9.17, 15) is 9.59 Å². The summed E-state index contributed by atoms with van der Waals surface area (Å²) in [6.45, 7) is 0.722. The zero-order valence-electron chi connectivity index (χ0n) is 18.8. The van der Waals surface area contributed by atoms with Crippen LogP contribution in [-0.2, 0) is 23.1 Å². The minimum absolute atomic E-state index is 0.103. The van der Waals surface area contributed by atoms with Crippen LogP contribution in [0.15, 0.2) is 60.7 Å². The number of esters is 1. The van der Waals surface area contributed by atoms with Crippen LogP contribution in [0.1, 0.15) is 27.5 Å². The van der Waals surface area contributed by atoms with E-state index >= 15 is 0 Å². The van der Waals surface area contributed by atoms with Gasteiger partial charge in [0.15, 0.2) is 0 Å². The monoisotopic (exact) mass is 473 g/mol. The summed E-state index contributed by atoms with van der Waals surface area (Å²) in [5.41, 5.74) is 3.08. The van der Waals surface area contributed by atoms with E-state index in [4.69, 9.17) is 15.0 Å². The lowest BCUT2D eigenvalue weighted by Crippen LogP contribution is -2.32. The average molecular weight is 474 g/mol. The van der Waals surface area contributed by atoms with Gasteiger partial charge in [-0.2, -0.15) is 5.26 Å². The summed E-state index contributed by atoms with van der Waals surface area (Å²) in [6, 6.07) is 20.4. The first-order valence-corrected chi connectivity index (χ1v) is 11.4. The average Bonchev–Trinajstić information content (AvgIpc) is 3.42. The first-order valence-electron chi connectivity index (χ1n) is 10.6. The molecular formula is C25H23N5O3S. The molecular weight excluding hydrogens is 450 g/mol. The Bertz CT molecular complexity index is 1350. The molecule has 1 amide bonds. The number of para-hydroxylation sites is 1. The molecule has 2 heterocycles. The molecule has 9 heteroatoms. The molecule has 0 aliphatic heterocycles. The lowest BCUT2D eigenvalue weighted by molar-refractivity contribution is -0.140. The Morgan fingerprint density at radius 2 is 1.91 bits per heavy atom. The highest BCUT2D eigenvalue weighted by Gasteiger charge is 2.23. The number of nitriles is 1. The van der Waals surface area contributed by atoms with Crippen LogP contribution in [0.5, 0.6) is 0 Å². The Morgan fingerprint density at radius 1 is 1.18 bits per heavy atom. The molecule has 0 radical (unpaired) electrons. The van der Waals surface area contributed by atoms with Gasteiger partial charge in [-0.25, -0.2) is 4.98 Å². The number of hydrogen-bond donors (Lipinski definition) is 1. The molecule has 0 atom stereocenters. The molecule has 0 saturated carbocycles. The third kappa shape index (κ3) is 4.92. The molecule has 4 rings (SSSR count). The van der Waals surface area contributed by atoms with Gasteiger partial charge < -0.3 is 19.5 Å². The lowest BCUT2D eigenvalue weighted by Gasteiger charge is -2.21. The largest absolute Gasteiger partial charge is 0.469 e. The molecule has 2 aromatic carbocycles. The lowest BCUT2D eigenvalue weighted by atomic mass is 10.2. The van der Waals surface area contributed by atoms with Crippen LogP contribution in [-0.4, -0.2) is 35.1 Å². The Morgan fingerprint density at radius 3 is 2.56 bits per heavy atom. The smallest absolute Gasteiger partial charge is 0.307 e. The molecule has 4 aromatic rings. The number of aryl methyl sites for hydroxylation is 1. The number of ether oxygens (including phenoxy) is 1. The normalized spacial score (nSPS) is 10.6. The van der Waals surface area contributed by atoms with Crippen LogP contribution < -0.4 is 10.2 Å². The number of methoxy groups -OCH3 is 1. The summed E-state index contributed by atoms with van der Waals surface area (Å²) in [6.07, 6.45) is 0.103. The van der Waals surface area contributed by atoms with E-state index < -0.39 is 0 Å². The summed E-state index contributed by atoms with van der Waals surface area (Å²) in [5, 5.41) is 12.2. The van der Waals surface area contributed by atoms with Gasteiger partial charge in [-0.3, -0.25) is 9.59 Å². The Kier molecular flexibility index (Phi) is 6.90. The minimum atomic E-state index is -0.369. The van der Waals surface area contributed by atoms with Crippen LogP contribution >= 0.6 is 11.3 Å². The second-order valence-electron chi connectivity index (χ2n) is 7.55.